The van der Waals surface area contributed by atoms with E-state index in [-0.39, 0.29) is 6.04 Å². The zero-order chi connectivity index (χ0) is 12.4. The summed E-state index contributed by atoms with van der Waals surface area (Å²) in [6.45, 7) is 6.08. The monoisotopic (exact) mass is 231 g/mol. The molecule has 0 saturated heterocycles. The highest BCUT2D eigenvalue weighted by Gasteiger charge is 2.15. The van der Waals surface area contributed by atoms with Crippen LogP contribution in [0.4, 0.5) is 0 Å². The molecule has 2 rings (SSSR count). The molecule has 0 aliphatic heterocycles. The summed E-state index contributed by atoms with van der Waals surface area (Å²) in [5.41, 5.74) is 8.34. The lowest BCUT2D eigenvalue weighted by Gasteiger charge is -2.10. The first-order chi connectivity index (χ1) is 8.08. The van der Waals surface area contributed by atoms with Crippen molar-refractivity contribution in [3.05, 3.63) is 47.2 Å². The van der Waals surface area contributed by atoms with Crippen molar-refractivity contribution in [3.63, 3.8) is 0 Å². The van der Waals surface area contributed by atoms with Gasteiger partial charge in [0, 0.05) is 6.92 Å². The fraction of sp³-hybridized carbons (Fsp3) is 0.385. The van der Waals surface area contributed by atoms with Crippen molar-refractivity contribution in [3.8, 4) is 0 Å². The summed E-state index contributed by atoms with van der Waals surface area (Å²) in [7, 11) is 0. The topological polar surface area (TPSA) is 64.9 Å². The number of hydrogen-bond acceptors (Lipinski definition) is 4. The van der Waals surface area contributed by atoms with Crippen molar-refractivity contribution >= 4 is 0 Å². The van der Waals surface area contributed by atoms with E-state index in [0.29, 0.717) is 17.7 Å². The first kappa shape index (κ1) is 11.8. The van der Waals surface area contributed by atoms with Crippen LogP contribution in [-0.2, 0) is 0 Å². The van der Waals surface area contributed by atoms with Gasteiger partial charge in [0.15, 0.2) is 0 Å². The second-order valence-corrected chi connectivity index (χ2v) is 4.46. The largest absolute Gasteiger partial charge is 0.424 e. The third-order valence-electron chi connectivity index (χ3n) is 2.77. The number of hydrogen-bond donors (Lipinski definition) is 1. The Hall–Kier alpha value is -1.68. The SMILES string of the molecule is Cc1nnc(C(N)c2ccc(C(C)C)cc2)o1. The van der Waals surface area contributed by atoms with Crippen molar-refractivity contribution in [2.45, 2.75) is 32.7 Å². The summed E-state index contributed by atoms with van der Waals surface area (Å²) in [6.07, 6.45) is 0. The number of aromatic nitrogens is 2. The molecule has 2 aromatic rings. The van der Waals surface area contributed by atoms with Gasteiger partial charge in [-0.3, -0.25) is 0 Å². The number of aryl methyl sites for hydroxylation is 1. The maximum Gasteiger partial charge on any atom is 0.237 e. The molecule has 0 aliphatic carbocycles. The molecular weight excluding hydrogens is 214 g/mol. The molecule has 0 fully saturated rings. The van der Waals surface area contributed by atoms with Gasteiger partial charge < -0.3 is 10.2 Å². The van der Waals surface area contributed by atoms with E-state index in [4.69, 9.17) is 10.2 Å². The standard InChI is InChI=1S/C13H17N3O/c1-8(2)10-4-6-11(7-5-10)12(14)13-16-15-9(3)17-13/h4-8,12H,14H2,1-3H3. The van der Waals surface area contributed by atoms with Gasteiger partial charge in [0.05, 0.1) is 0 Å². The van der Waals surface area contributed by atoms with Crippen molar-refractivity contribution in [2.24, 2.45) is 5.73 Å². The highest BCUT2D eigenvalue weighted by molar-refractivity contribution is 5.29. The van der Waals surface area contributed by atoms with Gasteiger partial charge in [0.25, 0.3) is 0 Å². The number of benzene rings is 1. The summed E-state index contributed by atoms with van der Waals surface area (Å²) in [4.78, 5) is 0. The Labute approximate surface area is 101 Å². The van der Waals surface area contributed by atoms with E-state index < -0.39 is 0 Å². The minimum atomic E-state index is -0.350. The highest BCUT2D eigenvalue weighted by Crippen LogP contribution is 2.21. The van der Waals surface area contributed by atoms with Crippen molar-refractivity contribution in [1.29, 1.82) is 0 Å². The summed E-state index contributed by atoms with van der Waals surface area (Å²) in [5.74, 6) is 1.51. The van der Waals surface area contributed by atoms with Gasteiger partial charge in [-0.1, -0.05) is 38.1 Å². The van der Waals surface area contributed by atoms with Crippen LogP contribution in [0.15, 0.2) is 28.7 Å². The zero-order valence-electron chi connectivity index (χ0n) is 10.3. The summed E-state index contributed by atoms with van der Waals surface area (Å²) < 4.78 is 5.33. The molecule has 1 unspecified atom stereocenters. The second-order valence-electron chi connectivity index (χ2n) is 4.46. The third kappa shape index (κ3) is 2.53. The Kier molecular flexibility index (Phi) is 3.24. The Morgan fingerprint density at radius 3 is 2.12 bits per heavy atom. The molecule has 1 heterocycles. The van der Waals surface area contributed by atoms with Gasteiger partial charge in [-0.2, -0.15) is 0 Å². The van der Waals surface area contributed by atoms with E-state index >= 15 is 0 Å². The van der Waals surface area contributed by atoms with Crippen molar-refractivity contribution in [1.82, 2.24) is 10.2 Å². The molecule has 1 aromatic heterocycles. The lowest BCUT2D eigenvalue weighted by atomic mass is 9.99. The molecule has 0 radical (unpaired) electrons. The lowest BCUT2D eigenvalue weighted by Crippen LogP contribution is -2.12. The first-order valence-electron chi connectivity index (χ1n) is 5.73. The molecule has 90 valence electrons. The van der Waals surface area contributed by atoms with Crippen LogP contribution in [-0.4, -0.2) is 10.2 Å². The first-order valence-corrected chi connectivity index (χ1v) is 5.73. The van der Waals surface area contributed by atoms with Crippen molar-refractivity contribution in [2.75, 3.05) is 0 Å². The minimum Gasteiger partial charge on any atom is -0.424 e. The predicted molar refractivity (Wildman–Crippen MR) is 65.6 cm³/mol. The average molecular weight is 231 g/mol. The molecule has 17 heavy (non-hydrogen) atoms. The Bertz CT molecular complexity index is 488. The fourth-order valence-corrected chi connectivity index (χ4v) is 1.67. The van der Waals surface area contributed by atoms with Gasteiger partial charge in [-0.05, 0) is 17.0 Å². The average Bonchev–Trinajstić information content (AvgIpc) is 2.75. The van der Waals surface area contributed by atoms with E-state index in [2.05, 4.69) is 36.2 Å². The molecule has 4 nitrogen and oxygen atoms in total. The summed E-state index contributed by atoms with van der Waals surface area (Å²) in [5, 5.41) is 7.72. The van der Waals surface area contributed by atoms with E-state index in [0.717, 1.165) is 5.56 Å². The van der Waals surface area contributed by atoms with E-state index in [1.54, 1.807) is 6.92 Å². The van der Waals surface area contributed by atoms with Crippen LogP contribution in [0.2, 0.25) is 0 Å². The zero-order valence-corrected chi connectivity index (χ0v) is 10.3. The Balaban J connectivity index is 2.22. The summed E-state index contributed by atoms with van der Waals surface area (Å²) in [6, 6.07) is 7.85. The minimum absolute atomic E-state index is 0.350. The highest BCUT2D eigenvalue weighted by atomic mass is 16.4. The molecule has 4 heteroatoms. The number of nitrogens with two attached hydrogens (primary N) is 1. The Morgan fingerprint density at radius 1 is 1.06 bits per heavy atom. The molecule has 0 aliphatic rings. The maximum absolute atomic E-state index is 6.06. The van der Waals surface area contributed by atoms with Crippen LogP contribution in [0.25, 0.3) is 0 Å². The van der Waals surface area contributed by atoms with E-state index in [9.17, 15) is 0 Å². The summed E-state index contributed by atoms with van der Waals surface area (Å²) >= 11 is 0. The molecule has 1 aromatic carbocycles. The van der Waals surface area contributed by atoms with Crippen LogP contribution in [0, 0.1) is 6.92 Å². The Morgan fingerprint density at radius 2 is 1.65 bits per heavy atom. The molecule has 0 spiro atoms. The lowest BCUT2D eigenvalue weighted by molar-refractivity contribution is 0.450. The third-order valence-corrected chi connectivity index (χ3v) is 2.77. The smallest absolute Gasteiger partial charge is 0.237 e. The maximum atomic E-state index is 6.06. The molecule has 0 bridgehead atoms. The van der Waals surface area contributed by atoms with Crippen LogP contribution in [0.3, 0.4) is 0 Å². The van der Waals surface area contributed by atoms with E-state index in [1.807, 2.05) is 12.1 Å². The quantitative estimate of drug-likeness (QED) is 0.881. The van der Waals surface area contributed by atoms with Gasteiger partial charge in [-0.15, -0.1) is 10.2 Å². The van der Waals surface area contributed by atoms with Gasteiger partial charge in [0.2, 0.25) is 11.8 Å². The van der Waals surface area contributed by atoms with Crippen molar-refractivity contribution < 1.29 is 4.42 Å². The molecular formula is C13H17N3O. The molecule has 0 amide bonds. The molecule has 2 N–H and O–H groups in total. The van der Waals surface area contributed by atoms with Gasteiger partial charge in [0.1, 0.15) is 6.04 Å². The molecule has 0 saturated carbocycles. The van der Waals surface area contributed by atoms with Crippen LogP contribution >= 0.6 is 0 Å². The van der Waals surface area contributed by atoms with Gasteiger partial charge in [-0.25, -0.2) is 0 Å². The van der Waals surface area contributed by atoms with Crippen LogP contribution < -0.4 is 5.73 Å². The fourth-order valence-electron chi connectivity index (χ4n) is 1.67. The van der Waals surface area contributed by atoms with Crippen LogP contribution in [0.5, 0.6) is 0 Å². The van der Waals surface area contributed by atoms with Gasteiger partial charge >= 0.3 is 0 Å². The predicted octanol–water partition coefficient (Wildman–Crippen LogP) is 2.55. The normalized spacial score (nSPS) is 13.0. The number of nitrogens with zero attached hydrogens (tertiary/aromatic N) is 2. The molecule has 1 atom stereocenters. The van der Waals surface area contributed by atoms with Crippen LogP contribution in [0.1, 0.15) is 48.7 Å². The van der Waals surface area contributed by atoms with E-state index in [1.165, 1.54) is 5.56 Å². The second kappa shape index (κ2) is 4.67. The number of rotatable bonds is 3.